The molecule has 0 saturated carbocycles. The Labute approximate surface area is 101 Å². The summed E-state index contributed by atoms with van der Waals surface area (Å²) >= 11 is 0. The van der Waals surface area contributed by atoms with Crippen molar-refractivity contribution >= 4 is 12.0 Å². The molecule has 0 aliphatic heterocycles. The molecule has 90 valence electrons. The van der Waals surface area contributed by atoms with Gasteiger partial charge in [0, 0.05) is 13.5 Å². The number of isocyanates is 1. The zero-order valence-corrected chi connectivity index (χ0v) is 10.1. The van der Waals surface area contributed by atoms with Crippen LogP contribution in [0.5, 0.6) is 0 Å². The Morgan fingerprint density at radius 3 is 2.82 bits per heavy atom. The topological polar surface area (TPSA) is 58.5 Å². The first-order valence-electron chi connectivity index (χ1n) is 5.50. The minimum Gasteiger partial charge on any atom is -0.356 e. The molecule has 0 saturated heterocycles. The fourth-order valence-corrected chi connectivity index (χ4v) is 1.63. The number of carbonyl (C=O) groups excluding carboxylic acids is 2. The summed E-state index contributed by atoms with van der Waals surface area (Å²) < 4.78 is 0. The third kappa shape index (κ3) is 4.62. The molecule has 0 aliphatic rings. The van der Waals surface area contributed by atoms with Gasteiger partial charge in [-0.1, -0.05) is 18.2 Å². The molecule has 0 bridgehead atoms. The lowest BCUT2D eigenvalue weighted by atomic mass is 10.0. The number of aryl methyl sites for hydroxylation is 1. The Bertz CT molecular complexity index is 449. The van der Waals surface area contributed by atoms with E-state index in [1.54, 1.807) is 0 Å². The Balaban J connectivity index is 2.62. The Hall–Kier alpha value is -1.93. The number of hydrogen-bond donors (Lipinski definition) is 1. The van der Waals surface area contributed by atoms with Crippen molar-refractivity contribution in [2.24, 2.45) is 4.99 Å². The minimum atomic E-state index is -0.0143. The van der Waals surface area contributed by atoms with Crippen LogP contribution in [0, 0.1) is 6.92 Å². The molecule has 1 aromatic carbocycles. The van der Waals surface area contributed by atoms with Crippen LogP contribution in [-0.4, -0.2) is 18.5 Å². The van der Waals surface area contributed by atoms with E-state index in [1.807, 2.05) is 25.1 Å². The molecule has 0 unspecified atom stereocenters. The van der Waals surface area contributed by atoms with Gasteiger partial charge in [-0.05, 0) is 30.0 Å². The molecule has 4 nitrogen and oxygen atoms in total. The molecule has 1 amide bonds. The predicted octanol–water partition coefficient (Wildman–Crippen LogP) is 1.51. The summed E-state index contributed by atoms with van der Waals surface area (Å²) in [6.07, 6.45) is 2.33. The van der Waals surface area contributed by atoms with E-state index in [4.69, 9.17) is 0 Å². The zero-order chi connectivity index (χ0) is 12.7. The molecule has 0 aliphatic carbocycles. The second-order valence-electron chi connectivity index (χ2n) is 3.90. The van der Waals surface area contributed by atoms with Gasteiger partial charge in [-0.25, -0.2) is 9.79 Å². The lowest BCUT2D eigenvalue weighted by Gasteiger charge is -2.07. The Kier molecular flexibility index (Phi) is 5.11. The summed E-state index contributed by atoms with van der Waals surface area (Å²) in [6.45, 7) is 4.53. The van der Waals surface area contributed by atoms with Crippen LogP contribution in [-0.2, 0) is 22.6 Å². The molecule has 0 fully saturated rings. The van der Waals surface area contributed by atoms with Gasteiger partial charge < -0.3 is 5.32 Å². The highest BCUT2D eigenvalue weighted by Crippen LogP contribution is 2.12. The quantitative estimate of drug-likeness (QED) is 0.618. The van der Waals surface area contributed by atoms with Crippen LogP contribution in [0.15, 0.2) is 23.2 Å². The summed E-state index contributed by atoms with van der Waals surface area (Å²) in [5.41, 5.74) is 3.33. The Morgan fingerprint density at radius 2 is 2.24 bits per heavy atom. The first-order valence-corrected chi connectivity index (χ1v) is 5.50. The van der Waals surface area contributed by atoms with Crippen molar-refractivity contribution in [3.63, 3.8) is 0 Å². The molecule has 1 N–H and O–H groups in total. The minimum absolute atomic E-state index is 0.0143. The number of aliphatic imine (C=N–C) groups is 1. The maximum atomic E-state index is 10.7. The largest absolute Gasteiger partial charge is 0.356 e. The molecule has 0 heterocycles. The highest BCUT2D eigenvalue weighted by Gasteiger charge is 2.00. The van der Waals surface area contributed by atoms with Crippen molar-refractivity contribution in [2.45, 2.75) is 26.8 Å². The van der Waals surface area contributed by atoms with Crippen LogP contribution in [0.2, 0.25) is 0 Å². The molecular weight excluding hydrogens is 216 g/mol. The lowest BCUT2D eigenvalue weighted by Crippen LogP contribution is -2.22. The van der Waals surface area contributed by atoms with Crippen molar-refractivity contribution < 1.29 is 9.59 Å². The second kappa shape index (κ2) is 6.61. The molecule has 1 rings (SSSR count). The number of amides is 1. The van der Waals surface area contributed by atoms with E-state index in [9.17, 15) is 9.59 Å². The summed E-state index contributed by atoms with van der Waals surface area (Å²) in [6, 6.07) is 5.95. The SMILES string of the molecule is CC(=O)NCCc1ccc(CN=C=O)cc1C. The molecule has 0 atom stereocenters. The van der Waals surface area contributed by atoms with Gasteiger partial charge in [0.2, 0.25) is 12.0 Å². The van der Waals surface area contributed by atoms with E-state index >= 15 is 0 Å². The van der Waals surface area contributed by atoms with E-state index in [-0.39, 0.29) is 5.91 Å². The van der Waals surface area contributed by atoms with E-state index < -0.39 is 0 Å². The van der Waals surface area contributed by atoms with Gasteiger partial charge >= 0.3 is 0 Å². The second-order valence-corrected chi connectivity index (χ2v) is 3.90. The van der Waals surface area contributed by atoms with E-state index in [0.29, 0.717) is 13.1 Å². The Morgan fingerprint density at radius 1 is 1.47 bits per heavy atom. The van der Waals surface area contributed by atoms with Crippen LogP contribution in [0.4, 0.5) is 0 Å². The number of carbonyl (C=O) groups is 1. The standard InChI is InChI=1S/C13H16N2O2/c1-10-7-12(8-14-9-16)3-4-13(10)5-6-15-11(2)17/h3-4,7H,5-6,8H2,1-2H3,(H,15,17). The van der Waals surface area contributed by atoms with Crippen LogP contribution < -0.4 is 5.32 Å². The third-order valence-electron chi connectivity index (χ3n) is 2.50. The summed E-state index contributed by atoms with van der Waals surface area (Å²) in [5.74, 6) is -0.0143. The van der Waals surface area contributed by atoms with Crippen LogP contribution in [0.3, 0.4) is 0 Å². The monoisotopic (exact) mass is 232 g/mol. The van der Waals surface area contributed by atoms with Gasteiger partial charge in [-0.15, -0.1) is 0 Å². The first kappa shape index (κ1) is 13.1. The average molecular weight is 232 g/mol. The molecule has 0 spiro atoms. The molecular formula is C13H16N2O2. The number of nitrogens with zero attached hydrogens (tertiary/aromatic N) is 1. The molecule has 1 aromatic rings. The van der Waals surface area contributed by atoms with E-state index in [1.165, 1.54) is 18.6 Å². The van der Waals surface area contributed by atoms with Gasteiger partial charge in [-0.3, -0.25) is 4.79 Å². The summed E-state index contributed by atoms with van der Waals surface area (Å²) in [4.78, 5) is 24.3. The van der Waals surface area contributed by atoms with Gasteiger partial charge in [0.25, 0.3) is 0 Å². The van der Waals surface area contributed by atoms with Crippen LogP contribution >= 0.6 is 0 Å². The van der Waals surface area contributed by atoms with E-state index in [0.717, 1.165) is 17.5 Å². The molecule has 0 aromatic heterocycles. The maximum Gasteiger partial charge on any atom is 0.235 e. The van der Waals surface area contributed by atoms with Crippen molar-refractivity contribution in [3.05, 3.63) is 34.9 Å². The van der Waals surface area contributed by atoms with Gasteiger partial charge in [0.15, 0.2) is 0 Å². The maximum absolute atomic E-state index is 10.7. The number of hydrogen-bond acceptors (Lipinski definition) is 3. The zero-order valence-electron chi connectivity index (χ0n) is 10.1. The van der Waals surface area contributed by atoms with Crippen molar-refractivity contribution in [3.8, 4) is 0 Å². The van der Waals surface area contributed by atoms with Crippen molar-refractivity contribution in [1.82, 2.24) is 5.32 Å². The predicted molar refractivity (Wildman–Crippen MR) is 65.4 cm³/mol. The van der Waals surface area contributed by atoms with Gasteiger partial charge in [0.1, 0.15) is 0 Å². The van der Waals surface area contributed by atoms with E-state index in [2.05, 4.69) is 10.3 Å². The first-order chi connectivity index (χ1) is 8.13. The van der Waals surface area contributed by atoms with Crippen LogP contribution in [0.1, 0.15) is 23.6 Å². The van der Waals surface area contributed by atoms with Gasteiger partial charge in [0.05, 0.1) is 6.54 Å². The third-order valence-corrected chi connectivity index (χ3v) is 2.50. The number of rotatable bonds is 5. The molecule has 0 radical (unpaired) electrons. The summed E-state index contributed by atoms with van der Waals surface area (Å²) in [5, 5.41) is 2.76. The fraction of sp³-hybridized carbons (Fsp3) is 0.385. The fourth-order valence-electron chi connectivity index (χ4n) is 1.63. The number of benzene rings is 1. The van der Waals surface area contributed by atoms with Crippen molar-refractivity contribution in [1.29, 1.82) is 0 Å². The van der Waals surface area contributed by atoms with Crippen LogP contribution in [0.25, 0.3) is 0 Å². The number of nitrogens with one attached hydrogen (secondary N) is 1. The van der Waals surface area contributed by atoms with Crippen molar-refractivity contribution in [2.75, 3.05) is 6.54 Å². The lowest BCUT2D eigenvalue weighted by molar-refractivity contribution is -0.118. The smallest absolute Gasteiger partial charge is 0.235 e. The average Bonchev–Trinajstić information content (AvgIpc) is 2.28. The summed E-state index contributed by atoms with van der Waals surface area (Å²) in [7, 11) is 0. The van der Waals surface area contributed by atoms with Gasteiger partial charge in [-0.2, -0.15) is 0 Å². The highest BCUT2D eigenvalue weighted by atomic mass is 16.1. The normalized spacial score (nSPS) is 9.53. The molecule has 4 heteroatoms. The highest BCUT2D eigenvalue weighted by molar-refractivity contribution is 5.72. The molecule has 17 heavy (non-hydrogen) atoms.